The third kappa shape index (κ3) is 4.54. The Morgan fingerprint density at radius 2 is 1.74 bits per heavy atom. The number of aliphatic hydroxyl groups is 1. The quantitative estimate of drug-likeness (QED) is 0.251. The number of hydrogen-bond acceptors (Lipinski definition) is 6. The van der Waals surface area contributed by atoms with Crippen LogP contribution in [-0.2, 0) is 9.59 Å². The van der Waals surface area contributed by atoms with Crippen molar-refractivity contribution in [3.05, 3.63) is 83.3 Å². The summed E-state index contributed by atoms with van der Waals surface area (Å²) >= 11 is 0. The maximum atomic E-state index is 13.3. The van der Waals surface area contributed by atoms with Gasteiger partial charge < -0.3 is 19.0 Å². The number of carbonyl (C=O) groups is 2. The highest BCUT2D eigenvalue weighted by Gasteiger charge is 2.48. The number of ether oxygens (including phenoxy) is 2. The second kappa shape index (κ2) is 10.1. The first-order valence-corrected chi connectivity index (χ1v) is 11.7. The molecule has 0 spiro atoms. The highest BCUT2D eigenvalue weighted by Crippen LogP contribution is 2.43. The van der Waals surface area contributed by atoms with Gasteiger partial charge in [-0.15, -0.1) is 0 Å². The van der Waals surface area contributed by atoms with Crippen molar-refractivity contribution in [2.24, 2.45) is 0 Å². The fourth-order valence-corrected chi connectivity index (χ4v) is 4.27. The number of aliphatic hydroxyl groups excluding tert-OH is 1. The Morgan fingerprint density at radius 3 is 2.34 bits per heavy atom. The molecule has 0 bridgehead atoms. The van der Waals surface area contributed by atoms with Crippen LogP contribution in [0.2, 0.25) is 0 Å². The number of Topliss-reactive ketones (excluding diaryl/α,β-unsaturated/α-hetero) is 1. The summed E-state index contributed by atoms with van der Waals surface area (Å²) in [7, 11) is 0. The van der Waals surface area contributed by atoms with Crippen LogP contribution in [-0.4, -0.2) is 30.0 Å². The van der Waals surface area contributed by atoms with E-state index in [1.165, 1.54) is 11.2 Å². The van der Waals surface area contributed by atoms with Gasteiger partial charge in [0, 0.05) is 11.3 Å². The van der Waals surface area contributed by atoms with Gasteiger partial charge in [0.05, 0.1) is 25.1 Å². The number of furan rings is 1. The van der Waals surface area contributed by atoms with E-state index in [2.05, 4.69) is 0 Å². The van der Waals surface area contributed by atoms with Crippen LogP contribution in [0.5, 0.6) is 11.5 Å². The van der Waals surface area contributed by atoms with Crippen molar-refractivity contribution in [1.82, 2.24) is 0 Å². The van der Waals surface area contributed by atoms with Crippen molar-refractivity contribution in [2.75, 3.05) is 18.1 Å². The number of rotatable bonds is 8. The minimum absolute atomic E-state index is 0.0299. The predicted octanol–water partition coefficient (Wildman–Crippen LogP) is 5.83. The third-order valence-corrected chi connectivity index (χ3v) is 5.89. The van der Waals surface area contributed by atoms with Crippen LogP contribution >= 0.6 is 0 Å². The van der Waals surface area contributed by atoms with Gasteiger partial charge in [-0.3, -0.25) is 14.5 Å². The molecule has 182 valence electrons. The Labute approximate surface area is 204 Å². The highest BCUT2D eigenvalue weighted by atomic mass is 16.5. The van der Waals surface area contributed by atoms with Gasteiger partial charge in [0.25, 0.3) is 11.7 Å². The van der Waals surface area contributed by atoms with Crippen molar-refractivity contribution >= 4 is 23.1 Å². The van der Waals surface area contributed by atoms with Gasteiger partial charge >= 0.3 is 0 Å². The van der Waals surface area contributed by atoms with Gasteiger partial charge in [0.2, 0.25) is 0 Å². The van der Waals surface area contributed by atoms with Crippen LogP contribution in [0, 0.1) is 0 Å². The number of anilines is 1. The summed E-state index contributed by atoms with van der Waals surface area (Å²) in [5.41, 5.74) is 1.79. The van der Waals surface area contributed by atoms with Crippen LogP contribution in [0.25, 0.3) is 5.76 Å². The zero-order valence-electron chi connectivity index (χ0n) is 20.3. The number of ketones is 1. The van der Waals surface area contributed by atoms with E-state index in [-0.39, 0.29) is 17.3 Å². The molecule has 1 amide bonds. The molecule has 1 saturated heterocycles. The first kappa shape index (κ1) is 24.1. The molecule has 1 atom stereocenters. The van der Waals surface area contributed by atoms with Crippen LogP contribution in [0.3, 0.4) is 0 Å². The lowest BCUT2D eigenvalue weighted by Crippen LogP contribution is -2.29. The van der Waals surface area contributed by atoms with Crippen molar-refractivity contribution in [3.63, 3.8) is 0 Å². The lowest BCUT2D eigenvalue weighted by atomic mass is 9.95. The molecule has 1 aliphatic rings. The fourth-order valence-electron chi connectivity index (χ4n) is 4.27. The molecule has 1 N–H and O–H groups in total. The molecule has 0 aliphatic carbocycles. The van der Waals surface area contributed by atoms with E-state index in [1.54, 1.807) is 54.6 Å². The van der Waals surface area contributed by atoms with E-state index in [1.807, 2.05) is 27.7 Å². The zero-order valence-corrected chi connectivity index (χ0v) is 20.3. The number of hydrogen-bond donors (Lipinski definition) is 1. The second-order valence-corrected chi connectivity index (χ2v) is 8.45. The molecule has 3 aromatic rings. The summed E-state index contributed by atoms with van der Waals surface area (Å²) in [5, 5.41) is 11.4. The van der Waals surface area contributed by atoms with E-state index < -0.39 is 17.7 Å². The van der Waals surface area contributed by atoms with Crippen LogP contribution in [0.1, 0.15) is 56.5 Å². The van der Waals surface area contributed by atoms with Gasteiger partial charge in [-0.1, -0.05) is 13.8 Å². The van der Waals surface area contributed by atoms with Crippen molar-refractivity contribution in [2.45, 2.75) is 39.7 Å². The molecule has 0 radical (unpaired) electrons. The largest absolute Gasteiger partial charge is 0.507 e. The topological polar surface area (TPSA) is 89.2 Å². The molecule has 35 heavy (non-hydrogen) atoms. The lowest BCUT2D eigenvalue weighted by molar-refractivity contribution is -0.132. The number of amides is 1. The molecule has 1 unspecified atom stereocenters. The van der Waals surface area contributed by atoms with E-state index in [0.717, 1.165) is 11.3 Å². The molecule has 0 saturated carbocycles. The molecule has 2 aromatic carbocycles. The highest BCUT2D eigenvalue weighted by molar-refractivity contribution is 6.51. The SMILES string of the molecule is CCOc1ccc(N2C(=O)C(=O)/C(=C(\O)c3ccc(OCC)c(C(C)C)c3)C2c2ccco2)cc1. The Balaban J connectivity index is 1.85. The smallest absolute Gasteiger partial charge is 0.300 e. The molecule has 1 aromatic heterocycles. The van der Waals surface area contributed by atoms with E-state index in [4.69, 9.17) is 13.9 Å². The minimum atomic E-state index is -0.919. The van der Waals surface area contributed by atoms with Crippen molar-refractivity contribution < 1.29 is 28.6 Å². The molecule has 7 heteroatoms. The Morgan fingerprint density at radius 1 is 1.03 bits per heavy atom. The van der Waals surface area contributed by atoms with Gasteiger partial charge in [0.15, 0.2) is 0 Å². The lowest BCUT2D eigenvalue weighted by Gasteiger charge is -2.23. The second-order valence-electron chi connectivity index (χ2n) is 8.45. The Hall–Kier alpha value is -4.00. The number of carbonyl (C=O) groups excluding carboxylic acids is 2. The average Bonchev–Trinajstić information content (AvgIpc) is 3.47. The van der Waals surface area contributed by atoms with Crippen LogP contribution in [0.4, 0.5) is 5.69 Å². The first-order valence-electron chi connectivity index (χ1n) is 11.7. The Kier molecular flexibility index (Phi) is 6.96. The average molecular weight is 476 g/mol. The Bertz CT molecular complexity index is 1240. The molecule has 1 aliphatic heterocycles. The summed E-state index contributed by atoms with van der Waals surface area (Å²) in [6, 6.07) is 14.6. The molecular weight excluding hydrogens is 446 g/mol. The molecule has 2 heterocycles. The standard InChI is InChI=1S/C28H29NO6/c1-5-33-20-12-10-19(11-13-20)29-25(23-8-7-15-35-23)24(27(31)28(29)32)26(30)18-9-14-22(34-6-2)21(16-18)17(3)4/h7-17,25,30H,5-6H2,1-4H3/b26-24-. The number of nitrogens with zero attached hydrogens (tertiary/aromatic N) is 1. The van der Waals surface area contributed by atoms with Gasteiger partial charge in [0.1, 0.15) is 29.1 Å². The van der Waals surface area contributed by atoms with E-state index in [9.17, 15) is 14.7 Å². The van der Waals surface area contributed by atoms with Crippen LogP contribution in [0.15, 0.2) is 70.9 Å². The van der Waals surface area contributed by atoms with E-state index in [0.29, 0.717) is 36.0 Å². The third-order valence-electron chi connectivity index (χ3n) is 5.89. The maximum Gasteiger partial charge on any atom is 0.300 e. The van der Waals surface area contributed by atoms with Gasteiger partial charge in [-0.25, -0.2) is 0 Å². The summed E-state index contributed by atoms with van der Waals surface area (Å²) in [5.74, 6) is 0.0774. The fraction of sp³-hybridized carbons (Fsp3) is 0.286. The molecule has 4 rings (SSSR count). The van der Waals surface area contributed by atoms with Crippen LogP contribution < -0.4 is 14.4 Å². The van der Waals surface area contributed by atoms with E-state index >= 15 is 0 Å². The molecule has 1 fully saturated rings. The summed E-state index contributed by atoms with van der Waals surface area (Å²) in [6.45, 7) is 8.86. The van der Waals surface area contributed by atoms with Gasteiger partial charge in [-0.2, -0.15) is 0 Å². The molecule has 7 nitrogen and oxygen atoms in total. The summed E-state index contributed by atoms with van der Waals surface area (Å²) in [6.07, 6.45) is 1.47. The van der Waals surface area contributed by atoms with Crippen molar-refractivity contribution in [1.29, 1.82) is 0 Å². The first-order chi connectivity index (χ1) is 16.9. The summed E-state index contributed by atoms with van der Waals surface area (Å²) in [4.78, 5) is 27.8. The number of benzene rings is 2. The maximum absolute atomic E-state index is 13.3. The monoisotopic (exact) mass is 475 g/mol. The zero-order chi connectivity index (χ0) is 25.1. The predicted molar refractivity (Wildman–Crippen MR) is 133 cm³/mol. The minimum Gasteiger partial charge on any atom is -0.507 e. The van der Waals surface area contributed by atoms with Crippen molar-refractivity contribution in [3.8, 4) is 11.5 Å². The van der Waals surface area contributed by atoms with Gasteiger partial charge in [-0.05, 0) is 79.9 Å². The normalized spacial score (nSPS) is 17.3. The summed E-state index contributed by atoms with van der Waals surface area (Å²) < 4.78 is 16.8. The molecular formula is C28H29NO6.